The maximum Gasteiger partial charge on any atom is 0.220 e. The predicted molar refractivity (Wildman–Crippen MR) is 142 cm³/mol. The van der Waals surface area contributed by atoms with Crippen LogP contribution < -0.4 is 14.5 Å². The Labute approximate surface area is 212 Å². The molecule has 0 aliphatic carbocycles. The Morgan fingerprint density at radius 1 is 1.03 bits per heavy atom. The molecule has 2 aliphatic heterocycles. The third-order valence-corrected chi connectivity index (χ3v) is 6.92. The average Bonchev–Trinajstić information content (AvgIpc) is 3.32. The van der Waals surface area contributed by atoms with Gasteiger partial charge in [0.1, 0.15) is 5.03 Å². The van der Waals surface area contributed by atoms with Crippen LogP contribution in [-0.4, -0.2) is 37.3 Å². The second-order valence-corrected chi connectivity index (χ2v) is 9.30. The number of hydrogen-bond acceptors (Lipinski definition) is 7. The number of anilines is 1. The molecule has 0 saturated heterocycles. The van der Waals surface area contributed by atoms with Crippen molar-refractivity contribution in [1.29, 1.82) is 0 Å². The number of ketones is 1. The number of aliphatic imine (C=N–C) groups is 1. The molecule has 0 N–H and O–H groups in total. The number of carbonyl (C=O) groups is 1. The number of Topliss-reactive ketones (excluding diaryl/α,β-unsaturated/α-hetero) is 1. The van der Waals surface area contributed by atoms with Gasteiger partial charge in [-0.05, 0) is 66.2 Å². The van der Waals surface area contributed by atoms with Gasteiger partial charge in [-0.15, -0.1) is 0 Å². The number of thioether (sulfide) groups is 1. The molecule has 2 heterocycles. The van der Waals surface area contributed by atoms with Crippen LogP contribution in [-0.2, 0) is 6.42 Å². The second kappa shape index (κ2) is 9.98. The van der Waals surface area contributed by atoms with Gasteiger partial charge >= 0.3 is 0 Å². The lowest BCUT2D eigenvalue weighted by Crippen LogP contribution is -2.15. The summed E-state index contributed by atoms with van der Waals surface area (Å²) in [5.74, 6) is 1.21. The minimum atomic E-state index is -0.129. The van der Waals surface area contributed by atoms with E-state index in [0.717, 1.165) is 34.0 Å². The molecular weight excluding hydrogens is 482 g/mol. The summed E-state index contributed by atoms with van der Waals surface area (Å²) in [6.45, 7) is 0.657. The van der Waals surface area contributed by atoms with E-state index in [0.29, 0.717) is 33.7 Å². The van der Waals surface area contributed by atoms with Crippen LogP contribution in [0.25, 0.3) is 0 Å². The Balaban J connectivity index is 1.55. The van der Waals surface area contributed by atoms with E-state index in [1.807, 2.05) is 48.5 Å². The lowest BCUT2D eigenvalue weighted by atomic mass is 9.96. The molecule has 3 aromatic carbocycles. The number of fused-ring (bicyclic) bond motifs is 1. The topological polar surface area (TPSA) is 63.5 Å². The number of carbonyl (C=O) groups excluding carboxylic acids is 1. The highest BCUT2D eigenvalue weighted by atomic mass is 35.5. The summed E-state index contributed by atoms with van der Waals surface area (Å²) in [6.07, 6.45) is 2.78. The van der Waals surface area contributed by atoms with E-state index in [2.05, 4.69) is 5.10 Å². The first-order chi connectivity index (χ1) is 17.1. The van der Waals surface area contributed by atoms with Gasteiger partial charge in [0, 0.05) is 22.7 Å². The zero-order valence-electron chi connectivity index (χ0n) is 19.2. The van der Waals surface area contributed by atoms with E-state index in [1.165, 1.54) is 11.8 Å². The van der Waals surface area contributed by atoms with E-state index in [4.69, 9.17) is 26.1 Å². The average molecular weight is 504 g/mol. The van der Waals surface area contributed by atoms with Gasteiger partial charge in [-0.25, -0.2) is 5.01 Å². The number of nitrogens with zero attached hydrogens (tertiary/aromatic N) is 3. The largest absolute Gasteiger partial charge is 0.493 e. The van der Waals surface area contributed by atoms with Crippen LogP contribution in [0.5, 0.6) is 11.5 Å². The molecule has 0 fully saturated rings. The van der Waals surface area contributed by atoms with Crippen LogP contribution in [0.4, 0.5) is 5.69 Å². The van der Waals surface area contributed by atoms with Crippen LogP contribution in [0, 0.1) is 0 Å². The van der Waals surface area contributed by atoms with Crippen molar-refractivity contribution in [1.82, 2.24) is 0 Å². The van der Waals surface area contributed by atoms with Crippen LogP contribution >= 0.6 is 23.4 Å². The second-order valence-electron chi connectivity index (χ2n) is 7.85. The highest BCUT2D eigenvalue weighted by molar-refractivity contribution is 8.19. The Morgan fingerprint density at radius 3 is 2.46 bits per heavy atom. The van der Waals surface area contributed by atoms with Gasteiger partial charge in [-0.2, -0.15) is 5.10 Å². The van der Waals surface area contributed by atoms with Gasteiger partial charge < -0.3 is 9.47 Å². The molecule has 176 valence electrons. The van der Waals surface area contributed by atoms with Crippen molar-refractivity contribution in [3.05, 3.63) is 99.5 Å². The molecule has 8 heteroatoms. The van der Waals surface area contributed by atoms with Crippen LogP contribution in [0.1, 0.15) is 21.5 Å². The fraction of sp³-hybridized carbons (Fsp3) is 0.148. The predicted octanol–water partition coefficient (Wildman–Crippen LogP) is 5.99. The first kappa shape index (κ1) is 23.2. The smallest absolute Gasteiger partial charge is 0.220 e. The lowest BCUT2D eigenvalue weighted by Gasteiger charge is -2.20. The minimum Gasteiger partial charge on any atom is -0.493 e. The van der Waals surface area contributed by atoms with Crippen molar-refractivity contribution in [3.63, 3.8) is 0 Å². The van der Waals surface area contributed by atoms with E-state index in [9.17, 15) is 4.79 Å². The van der Waals surface area contributed by atoms with Gasteiger partial charge in [-0.3, -0.25) is 9.79 Å². The molecule has 2 aliphatic rings. The summed E-state index contributed by atoms with van der Waals surface area (Å²) in [6, 6.07) is 20.5. The number of allylic oxidation sites excluding steroid dienone is 1. The van der Waals surface area contributed by atoms with Crippen molar-refractivity contribution in [2.45, 2.75) is 6.42 Å². The zero-order chi connectivity index (χ0) is 24.4. The highest BCUT2D eigenvalue weighted by Gasteiger charge is 2.29. The fourth-order valence-electron chi connectivity index (χ4n) is 3.95. The number of benzene rings is 3. The molecule has 6 nitrogen and oxygen atoms in total. The van der Waals surface area contributed by atoms with Crippen LogP contribution in [0.3, 0.4) is 0 Å². The van der Waals surface area contributed by atoms with Gasteiger partial charge in [-0.1, -0.05) is 41.9 Å². The quantitative estimate of drug-likeness (QED) is 0.386. The Hall–Kier alpha value is -3.55. The third kappa shape index (κ3) is 4.70. The molecule has 0 atom stereocenters. The van der Waals surface area contributed by atoms with Crippen molar-refractivity contribution in [2.24, 2.45) is 10.1 Å². The number of halogens is 1. The SMILES string of the molecule is COc1cc2c(cc1OC)C(C=C1SC(C(=O)c3ccccc3)=NN1c1ccc(Cl)cc1)=NCC2. The molecule has 0 amide bonds. The molecule has 3 aromatic rings. The molecule has 0 radical (unpaired) electrons. The van der Waals surface area contributed by atoms with Crippen molar-refractivity contribution >= 4 is 45.6 Å². The van der Waals surface area contributed by atoms with Gasteiger partial charge in [0.25, 0.3) is 0 Å². The summed E-state index contributed by atoms with van der Waals surface area (Å²) in [5.41, 5.74) is 4.30. The van der Waals surface area contributed by atoms with Crippen molar-refractivity contribution in [3.8, 4) is 11.5 Å². The Kier molecular flexibility index (Phi) is 6.61. The number of hydrazone groups is 1. The number of rotatable bonds is 6. The zero-order valence-corrected chi connectivity index (χ0v) is 20.8. The summed E-state index contributed by atoms with van der Waals surface area (Å²) < 4.78 is 11.0. The maximum absolute atomic E-state index is 13.2. The van der Waals surface area contributed by atoms with Crippen molar-refractivity contribution < 1.29 is 14.3 Å². The summed E-state index contributed by atoms with van der Waals surface area (Å²) in [4.78, 5) is 18.0. The van der Waals surface area contributed by atoms with E-state index in [-0.39, 0.29) is 5.78 Å². The highest BCUT2D eigenvalue weighted by Crippen LogP contribution is 2.38. The molecule has 0 unspecified atom stereocenters. The molecular formula is C27H22ClN3O3S. The molecule has 0 saturated carbocycles. The van der Waals surface area contributed by atoms with E-state index >= 15 is 0 Å². The number of ether oxygens (including phenoxy) is 2. The third-order valence-electron chi connectivity index (χ3n) is 5.71. The molecule has 0 bridgehead atoms. The summed E-state index contributed by atoms with van der Waals surface area (Å²) in [5, 5.41) is 8.23. The first-order valence-electron chi connectivity index (χ1n) is 11.0. The summed E-state index contributed by atoms with van der Waals surface area (Å²) >= 11 is 7.43. The Morgan fingerprint density at radius 2 is 1.74 bits per heavy atom. The van der Waals surface area contributed by atoms with Gasteiger partial charge in [0.15, 0.2) is 16.5 Å². The normalized spacial score (nSPS) is 16.0. The number of methoxy groups -OCH3 is 2. The van der Waals surface area contributed by atoms with Gasteiger partial charge in [0.2, 0.25) is 5.78 Å². The molecule has 35 heavy (non-hydrogen) atoms. The molecule has 0 aromatic heterocycles. The monoisotopic (exact) mass is 503 g/mol. The first-order valence-corrected chi connectivity index (χ1v) is 12.2. The van der Waals surface area contributed by atoms with Gasteiger partial charge in [0.05, 0.1) is 25.6 Å². The number of hydrogen-bond donors (Lipinski definition) is 0. The van der Waals surface area contributed by atoms with Crippen LogP contribution in [0.15, 0.2) is 87.9 Å². The fourth-order valence-corrected chi connectivity index (χ4v) is 5.01. The maximum atomic E-state index is 13.2. The van der Waals surface area contributed by atoms with Crippen LogP contribution in [0.2, 0.25) is 5.02 Å². The Bertz CT molecular complexity index is 1370. The molecule has 5 rings (SSSR count). The molecule has 0 spiro atoms. The standard InChI is InChI=1S/C27H22ClN3O3S/c1-33-23-14-18-12-13-29-22(21(18)15-24(23)34-2)16-25-31(20-10-8-19(28)9-11-20)30-27(35-25)26(32)17-6-4-3-5-7-17/h3-11,14-16H,12-13H2,1-2H3. The lowest BCUT2D eigenvalue weighted by molar-refractivity contribution is 0.106. The van der Waals surface area contributed by atoms with E-state index < -0.39 is 0 Å². The minimum absolute atomic E-state index is 0.129. The summed E-state index contributed by atoms with van der Waals surface area (Å²) in [7, 11) is 3.25. The van der Waals surface area contributed by atoms with E-state index in [1.54, 1.807) is 43.5 Å². The van der Waals surface area contributed by atoms with Crippen molar-refractivity contribution in [2.75, 3.05) is 25.8 Å².